The zero-order chi connectivity index (χ0) is 26.0. The molecule has 2 N–H and O–H groups in total. The first-order valence-electron chi connectivity index (χ1n) is 10.5. The third kappa shape index (κ3) is 5.25. The molecule has 190 valence electrons. The number of sulfonamides is 1. The normalized spacial score (nSPS) is 14.0. The van der Waals surface area contributed by atoms with Crippen molar-refractivity contribution in [1.82, 2.24) is 0 Å². The quantitative estimate of drug-likeness (QED) is 0.265. The summed E-state index contributed by atoms with van der Waals surface area (Å²) in [5.74, 6) is -9.16. The molecule has 1 heterocycles. The van der Waals surface area contributed by atoms with Crippen molar-refractivity contribution in [2.75, 3.05) is 41.2 Å². The van der Waals surface area contributed by atoms with Crippen LogP contribution in [0.15, 0.2) is 53.4 Å². The van der Waals surface area contributed by atoms with E-state index in [-0.39, 0.29) is 27.4 Å². The van der Waals surface area contributed by atoms with Crippen LogP contribution in [0.5, 0.6) is 0 Å². The Morgan fingerprint density at radius 2 is 1.61 bits per heavy atom. The Morgan fingerprint density at radius 1 is 0.917 bits per heavy atom. The smallest absolute Gasteiger partial charge is 0.262 e. The van der Waals surface area contributed by atoms with E-state index in [2.05, 4.69) is 10.0 Å². The van der Waals surface area contributed by atoms with Crippen molar-refractivity contribution in [3.8, 4) is 0 Å². The molecule has 1 aliphatic heterocycles. The molecule has 0 saturated carbocycles. The van der Waals surface area contributed by atoms with E-state index in [0.717, 1.165) is 6.07 Å². The number of carbonyl (C=O) groups is 1. The van der Waals surface area contributed by atoms with Crippen LogP contribution in [0.4, 0.5) is 34.6 Å². The molecule has 1 aliphatic rings. The molecule has 1 saturated heterocycles. The number of halogens is 5. The first-order chi connectivity index (χ1) is 17.1. The van der Waals surface area contributed by atoms with Gasteiger partial charge in [-0.25, -0.2) is 26.0 Å². The fourth-order valence-electron chi connectivity index (χ4n) is 3.54. The van der Waals surface area contributed by atoms with Crippen molar-refractivity contribution >= 4 is 44.6 Å². The van der Waals surface area contributed by atoms with Crippen LogP contribution in [0, 0.1) is 23.3 Å². The Balaban J connectivity index is 1.73. The molecule has 0 bridgehead atoms. The molecule has 36 heavy (non-hydrogen) atoms. The van der Waals surface area contributed by atoms with E-state index < -0.39 is 44.8 Å². The van der Waals surface area contributed by atoms with E-state index in [4.69, 9.17) is 16.3 Å². The molecule has 4 rings (SSSR count). The highest BCUT2D eigenvalue weighted by atomic mass is 35.5. The molecule has 3 aromatic carbocycles. The van der Waals surface area contributed by atoms with Crippen molar-refractivity contribution < 1.29 is 35.5 Å². The topological polar surface area (TPSA) is 87.7 Å². The number of hydrogen-bond donors (Lipinski definition) is 2. The second-order valence-electron chi connectivity index (χ2n) is 7.67. The van der Waals surface area contributed by atoms with Crippen molar-refractivity contribution in [2.24, 2.45) is 0 Å². The minimum atomic E-state index is -4.21. The Labute approximate surface area is 208 Å². The summed E-state index contributed by atoms with van der Waals surface area (Å²) in [6.45, 7) is 1.48. The summed E-state index contributed by atoms with van der Waals surface area (Å²) in [6.07, 6.45) is 0. The lowest BCUT2D eigenvalue weighted by Gasteiger charge is -2.30. The van der Waals surface area contributed by atoms with Crippen molar-refractivity contribution in [3.05, 3.63) is 82.4 Å². The van der Waals surface area contributed by atoms with Gasteiger partial charge in [-0.2, -0.15) is 0 Å². The maximum absolute atomic E-state index is 14.2. The Bertz CT molecular complexity index is 1430. The molecule has 1 amide bonds. The minimum absolute atomic E-state index is 0.0894. The molecule has 3 aromatic rings. The monoisotopic (exact) mass is 543 g/mol. The summed E-state index contributed by atoms with van der Waals surface area (Å²) in [5.41, 5.74) is -0.719. The Kier molecular flexibility index (Phi) is 7.38. The lowest BCUT2D eigenvalue weighted by Crippen LogP contribution is -2.37. The van der Waals surface area contributed by atoms with Gasteiger partial charge in [-0.15, -0.1) is 0 Å². The third-order valence-electron chi connectivity index (χ3n) is 5.34. The predicted octanol–water partition coefficient (Wildman–Crippen LogP) is 4.79. The highest BCUT2D eigenvalue weighted by molar-refractivity contribution is 7.92. The lowest BCUT2D eigenvalue weighted by atomic mass is 10.1. The van der Waals surface area contributed by atoms with Gasteiger partial charge in [-0.1, -0.05) is 23.7 Å². The van der Waals surface area contributed by atoms with Crippen molar-refractivity contribution in [2.45, 2.75) is 4.90 Å². The standard InChI is InChI=1S/C23H18ClF4N3O4S/c24-15-3-1-2-4-17(15)30-36(33,34)13-5-6-19(31-7-9-35-10-8-31)18(11-13)29-23(32)14-12-16(25)21(27)22(28)20(14)26/h1-6,11-12,30H,7-10H2,(H,29,32). The van der Waals surface area contributed by atoms with Crippen LogP contribution >= 0.6 is 11.6 Å². The minimum Gasteiger partial charge on any atom is -0.378 e. The second kappa shape index (κ2) is 10.3. The van der Waals surface area contributed by atoms with E-state index in [1.165, 1.54) is 24.3 Å². The number of hydrogen-bond acceptors (Lipinski definition) is 5. The van der Waals surface area contributed by atoms with Crippen LogP contribution in [0.25, 0.3) is 0 Å². The van der Waals surface area contributed by atoms with Crippen LogP contribution in [0.1, 0.15) is 10.4 Å². The highest BCUT2D eigenvalue weighted by Gasteiger charge is 2.26. The summed E-state index contributed by atoms with van der Waals surface area (Å²) in [7, 11) is -4.21. The van der Waals surface area contributed by atoms with E-state index in [0.29, 0.717) is 32.0 Å². The largest absolute Gasteiger partial charge is 0.378 e. The molecular weight excluding hydrogens is 526 g/mol. The molecule has 0 spiro atoms. The van der Waals surface area contributed by atoms with Gasteiger partial charge in [0.25, 0.3) is 15.9 Å². The van der Waals surface area contributed by atoms with E-state index >= 15 is 0 Å². The third-order valence-corrected chi connectivity index (χ3v) is 7.04. The number of benzene rings is 3. The Morgan fingerprint density at radius 3 is 2.31 bits per heavy atom. The zero-order valence-corrected chi connectivity index (χ0v) is 19.9. The molecule has 0 atom stereocenters. The van der Waals surface area contributed by atoms with Crippen molar-refractivity contribution in [3.63, 3.8) is 0 Å². The number of carbonyl (C=O) groups excluding carboxylic acids is 1. The first kappa shape index (κ1) is 25.7. The van der Waals surface area contributed by atoms with Gasteiger partial charge in [0.1, 0.15) is 0 Å². The molecule has 0 aliphatic carbocycles. The van der Waals surface area contributed by atoms with Crippen LogP contribution in [-0.2, 0) is 14.8 Å². The van der Waals surface area contributed by atoms with Crippen LogP contribution in [0.3, 0.4) is 0 Å². The molecule has 13 heteroatoms. The fraction of sp³-hybridized carbons (Fsp3) is 0.174. The van der Waals surface area contributed by atoms with Gasteiger partial charge in [0.2, 0.25) is 0 Å². The summed E-state index contributed by atoms with van der Waals surface area (Å²) >= 11 is 6.04. The number of ether oxygens (including phenoxy) is 1. The molecule has 1 fully saturated rings. The van der Waals surface area contributed by atoms with E-state index in [1.54, 1.807) is 17.0 Å². The zero-order valence-electron chi connectivity index (χ0n) is 18.3. The van der Waals surface area contributed by atoms with Gasteiger partial charge in [0.15, 0.2) is 23.3 Å². The molecule has 0 radical (unpaired) electrons. The van der Waals surface area contributed by atoms with Gasteiger partial charge in [-0.05, 0) is 36.4 Å². The summed E-state index contributed by atoms with van der Waals surface area (Å²) in [4.78, 5) is 14.2. The summed E-state index contributed by atoms with van der Waals surface area (Å²) in [5, 5.41) is 2.44. The van der Waals surface area contributed by atoms with Crippen LogP contribution < -0.4 is 14.9 Å². The van der Waals surface area contributed by atoms with Gasteiger partial charge < -0.3 is 15.0 Å². The number of nitrogens with one attached hydrogen (secondary N) is 2. The number of morpholine rings is 1. The van der Waals surface area contributed by atoms with Crippen LogP contribution in [0.2, 0.25) is 5.02 Å². The summed E-state index contributed by atoms with van der Waals surface area (Å²) < 4.78 is 88.6. The first-order valence-corrected chi connectivity index (χ1v) is 12.3. The number of rotatable bonds is 6. The average Bonchev–Trinajstić information content (AvgIpc) is 2.86. The average molecular weight is 544 g/mol. The van der Waals surface area contributed by atoms with E-state index in [1.807, 2.05) is 0 Å². The maximum Gasteiger partial charge on any atom is 0.262 e. The van der Waals surface area contributed by atoms with Gasteiger partial charge >= 0.3 is 0 Å². The number of anilines is 3. The lowest BCUT2D eigenvalue weighted by molar-refractivity contribution is 0.102. The van der Waals surface area contributed by atoms with Gasteiger partial charge in [0.05, 0.1) is 45.8 Å². The molecule has 0 aromatic heterocycles. The highest BCUT2D eigenvalue weighted by Crippen LogP contribution is 2.32. The maximum atomic E-state index is 14.2. The van der Waals surface area contributed by atoms with Gasteiger partial charge in [0, 0.05) is 13.1 Å². The van der Waals surface area contributed by atoms with Crippen LogP contribution in [-0.4, -0.2) is 40.6 Å². The predicted molar refractivity (Wildman–Crippen MR) is 126 cm³/mol. The van der Waals surface area contributed by atoms with E-state index in [9.17, 15) is 30.8 Å². The molecule has 7 nitrogen and oxygen atoms in total. The van der Waals surface area contributed by atoms with Gasteiger partial charge in [-0.3, -0.25) is 9.52 Å². The molecule has 0 unspecified atom stereocenters. The molecular formula is C23H18ClF4N3O4S. The SMILES string of the molecule is O=C(Nc1cc(S(=O)(=O)Nc2ccccc2Cl)ccc1N1CCOCC1)c1cc(F)c(F)c(F)c1F. The number of nitrogens with zero attached hydrogens (tertiary/aromatic N) is 1. The second-order valence-corrected chi connectivity index (χ2v) is 9.76. The Hall–Kier alpha value is -3.35. The fourth-order valence-corrected chi connectivity index (χ4v) is 4.88. The number of amides is 1. The number of para-hydroxylation sites is 1. The summed E-state index contributed by atoms with van der Waals surface area (Å²) in [6, 6.07) is 10.2. The van der Waals surface area contributed by atoms with Crippen molar-refractivity contribution in [1.29, 1.82) is 0 Å².